The van der Waals surface area contributed by atoms with Crippen LogP contribution in [0.25, 0.3) is 0 Å². The van der Waals surface area contributed by atoms with Crippen LogP contribution in [0.15, 0.2) is 42.5 Å². The lowest BCUT2D eigenvalue weighted by Gasteiger charge is -2.17. The third-order valence-corrected chi connectivity index (χ3v) is 4.26. The van der Waals surface area contributed by atoms with Crippen molar-refractivity contribution in [2.45, 2.75) is 13.3 Å². The van der Waals surface area contributed by atoms with Crippen LogP contribution in [0, 0.1) is 17.0 Å². The van der Waals surface area contributed by atoms with E-state index < -0.39 is 10.8 Å². The molecule has 2 aromatic rings. The molecular weight excluding hydrogens is 322 g/mol. The largest absolute Gasteiger partial charge is 0.343 e. The Bertz CT molecular complexity index is 863. The summed E-state index contributed by atoms with van der Waals surface area (Å²) in [7, 11) is 0. The molecule has 0 bridgehead atoms. The van der Waals surface area contributed by atoms with Crippen LogP contribution in [0.1, 0.15) is 21.5 Å². The molecule has 2 aromatic carbocycles. The fourth-order valence-corrected chi connectivity index (χ4v) is 2.91. The van der Waals surface area contributed by atoms with Gasteiger partial charge < -0.3 is 10.2 Å². The first-order valence-corrected chi connectivity index (χ1v) is 7.89. The van der Waals surface area contributed by atoms with Crippen molar-refractivity contribution in [3.05, 3.63) is 69.3 Å². The van der Waals surface area contributed by atoms with Crippen LogP contribution in [0.5, 0.6) is 0 Å². The number of hydrogen-bond acceptors (Lipinski definition) is 4. The number of hydrogen-bond donors (Lipinski definition) is 1. The van der Waals surface area contributed by atoms with E-state index in [0.29, 0.717) is 12.1 Å². The van der Waals surface area contributed by atoms with Gasteiger partial charge in [0, 0.05) is 29.9 Å². The smallest absolute Gasteiger partial charge is 0.270 e. The van der Waals surface area contributed by atoms with Crippen LogP contribution in [0.3, 0.4) is 0 Å². The summed E-state index contributed by atoms with van der Waals surface area (Å²) < 4.78 is 0. The summed E-state index contributed by atoms with van der Waals surface area (Å²) in [5.74, 6) is -0.705. The van der Waals surface area contributed by atoms with Crippen molar-refractivity contribution in [3.8, 4) is 0 Å². The maximum absolute atomic E-state index is 12.4. The van der Waals surface area contributed by atoms with E-state index in [4.69, 9.17) is 0 Å². The summed E-state index contributed by atoms with van der Waals surface area (Å²) in [4.78, 5) is 36.7. The van der Waals surface area contributed by atoms with Crippen molar-refractivity contribution in [1.82, 2.24) is 5.32 Å². The summed E-state index contributed by atoms with van der Waals surface area (Å²) in [5, 5.41) is 13.4. The minimum Gasteiger partial charge on any atom is -0.343 e. The highest BCUT2D eigenvalue weighted by Gasteiger charge is 2.24. The highest BCUT2D eigenvalue weighted by Crippen LogP contribution is 2.27. The minimum atomic E-state index is -0.553. The van der Waals surface area contributed by atoms with Crippen LogP contribution in [0.2, 0.25) is 0 Å². The van der Waals surface area contributed by atoms with Crippen molar-refractivity contribution < 1.29 is 14.5 Å². The monoisotopic (exact) mass is 339 g/mol. The van der Waals surface area contributed by atoms with E-state index in [9.17, 15) is 19.7 Å². The highest BCUT2D eigenvalue weighted by molar-refractivity contribution is 6.02. The highest BCUT2D eigenvalue weighted by atomic mass is 16.6. The average molecular weight is 339 g/mol. The number of amides is 2. The third kappa shape index (κ3) is 3.35. The van der Waals surface area contributed by atoms with Gasteiger partial charge in [0.15, 0.2) is 0 Å². The molecule has 128 valence electrons. The first-order chi connectivity index (χ1) is 12.0. The van der Waals surface area contributed by atoms with Crippen molar-refractivity contribution >= 4 is 23.2 Å². The van der Waals surface area contributed by atoms with Gasteiger partial charge in [0.05, 0.1) is 11.5 Å². The van der Waals surface area contributed by atoms with E-state index >= 15 is 0 Å². The normalized spacial score (nSPS) is 12.6. The molecule has 2 amide bonds. The second-order valence-electron chi connectivity index (χ2n) is 5.86. The van der Waals surface area contributed by atoms with E-state index in [1.807, 2.05) is 24.3 Å². The maximum Gasteiger partial charge on any atom is 0.270 e. The van der Waals surface area contributed by atoms with E-state index in [1.54, 1.807) is 11.8 Å². The number of rotatable bonds is 4. The number of anilines is 1. The number of benzene rings is 2. The Morgan fingerprint density at radius 2 is 2.00 bits per heavy atom. The molecule has 3 rings (SSSR count). The molecule has 1 N–H and O–H groups in total. The Balaban J connectivity index is 1.68. The quantitative estimate of drug-likeness (QED) is 0.683. The number of nitrogens with zero attached hydrogens (tertiary/aromatic N) is 2. The van der Waals surface area contributed by atoms with Gasteiger partial charge in [0.1, 0.15) is 0 Å². The Morgan fingerprint density at radius 1 is 1.24 bits per heavy atom. The maximum atomic E-state index is 12.4. The number of para-hydroxylation sites is 1. The van der Waals surface area contributed by atoms with Gasteiger partial charge in [0.25, 0.3) is 11.6 Å². The molecule has 7 nitrogen and oxygen atoms in total. The second-order valence-corrected chi connectivity index (χ2v) is 5.86. The molecule has 0 aromatic heterocycles. The van der Waals surface area contributed by atoms with E-state index in [0.717, 1.165) is 17.7 Å². The molecular formula is C18H17N3O4. The molecule has 1 heterocycles. The van der Waals surface area contributed by atoms with Gasteiger partial charge in [0.2, 0.25) is 5.91 Å². The van der Waals surface area contributed by atoms with Crippen LogP contribution in [0.4, 0.5) is 11.4 Å². The van der Waals surface area contributed by atoms with Crippen LogP contribution >= 0.6 is 0 Å². The number of nitro groups is 1. The molecule has 0 radical (unpaired) electrons. The molecule has 0 spiro atoms. The molecule has 7 heteroatoms. The molecule has 0 fully saturated rings. The summed E-state index contributed by atoms with van der Waals surface area (Å²) >= 11 is 0. The van der Waals surface area contributed by atoms with Crippen molar-refractivity contribution in [2.75, 3.05) is 18.0 Å². The van der Waals surface area contributed by atoms with Crippen LogP contribution < -0.4 is 10.2 Å². The lowest BCUT2D eigenvalue weighted by molar-refractivity contribution is -0.384. The number of carbonyl (C=O) groups excluding carboxylic acids is 2. The first kappa shape index (κ1) is 16.6. The Hall–Kier alpha value is -3.22. The molecule has 0 unspecified atom stereocenters. The first-order valence-electron chi connectivity index (χ1n) is 7.89. The Labute approximate surface area is 144 Å². The lowest BCUT2D eigenvalue weighted by Crippen LogP contribution is -2.39. The van der Waals surface area contributed by atoms with Gasteiger partial charge in [-0.2, -0.15) is 0 Å². The van der Waals surface area contributed by atoms with E-state index in [1.165, 1.54) is 18.2 Å². The zero-order valence-corrected chi connectivity index (χ0v) is 13.7. The fourth-order valence-electron chi connectivity index (χ4n) is 2.91. The number of non-ortho nitro benzene ring substituents is 1. The summed E-state index contributed by atoms with van der Waals surface area (Å²) in [6, 6.07) is 11.7. The third-order valence-electron chi connectivity index (χ3n) is 4.26. The topological polar surface area (TPSA) is 92.5 Å². The number of nitro benzene ring substituents is 1. The van der Waals surface area contributed by atoms with Crippen molar-refractivity contribution in [3.63, 3.8) is 0 Å². The lowest BCUT2D eigenvalue weighted by atomic mass is 10.1. The molecule has 0 aliphatic carbocycles. The molecule has 1 aliphatic rings. The van der Waals surface area contributed by atoms with Crippen LogP contribution in [-0.2, 0) is 11.2 Å². The van der Waals surface area contributed by atoms with E-state index in [2.05, 4.69) is 5.32 Å². The molecule has 0 saturated heterocycles. The van der Waals surface area contributed by atoms with Gasteiger partial charge in [-0.25, -0.2) is 0 Å². The van der Waals surface area contributed by atoms with Gasteiger partial charge in [-0.05, 0) is 30.5 Å². The number of fused-ring (bicyclic) bond motifs is 1. The minimum absolute atomic E-state index is 0.157. The standard InChI is InChI=1S/C18H17N3O4/c1-12-6-7-14(21(24)25)10-15(12)18(23)19-11-17(22)20-9-8-13-4-2-3-5-16(13)20/h2-7,10H,8-9,11H2,1H3,(H,19,23). The van der Waals surface area contributed by atoms with Crippen molar-refractivity contribution in [2.24, 2.45) is 0 Å². The van der Waals surface area contributed by atoms with Gasteiger partial charge in [-0.15, -0.1) is 0 Å². The number of aryl methyl sites for hydroxylation is 1. The average Bonchev–Trinajstić information content (AvgIpc) is 3.03. The zero-order valence-electron chi connectivity index (χ0n) is 13.7. The molecule has 0 saturated carbocycles. The second kappa shape index (κ2) is 6.72. The predicted octanol–water partition coefficient (Wildman–Crippen LogP) is 2.22. The van der Waals surface area contributed by atoms with Crippen LogP contribution in [-0.4, -0.2) is 29.8 Å². The zero-order chi connectivity index (χ0) is 18.0. The Kier molecular flexibility index (Phi) is 4.47. The summed E-state index contributed by atoms with van der Waals surface area (Å²) in [6.45, 7) is 2.12. The fraction of sp³-hybridized carbons (Fsp3) is 0.222. The number of carbonyl (C=O) groups is 2. The summed E-state index contributed by atoms with van der Waals surface area (Å²) in [5.41, 5.74) is 2.63. The molecule has 0 atom stereocenters. The Morgan fingerprint density at radius 3 is 2.76 bits per heavy atom. The summed E-state index contributed by atoms with van der Waals surface area (Å²) in [6.07, 6.45) is 0.792. The van der Waals surface area contributed by atoms with E-state index in [-0.39, 0.29) is 23.7 Å². The molecule has 25 heavy (non-hydrogen) atoms. The predicted molar refractivity (Wildman–Crippen MR) is 92.7 cm³/mol. The van der Waals surface area contributed by atoms with Gasteiger partial charge in [-0.3, -0.25) is 19.7 Å². The molecule has 1 aliphatic heterocycles. The van der Waals surface area contributed by atoms with Crippen molar-refractivity contribution in [1.29, 1.82) is 0 Å². The number of nitrogens with one attached hydrogen (secondary N) is 1. The van der Waals surface area contributed by atoms with Gasteiger partial charge in [-0.1, -0.05) is 24.3 Å². The SMILES string of the molecule is Cc1ccc([N+](=O)[O-])cc1C(=O)NCC(=O)N1CCc2ccccc21. The van der Waals surface area contributed by atoms with Gasteiger partial charge >= 0.3 is 0 Å².